The summed E-state index contributed by atoms with van der Waals surface area (Å²) in [7, 11) is 0. The van der Waals surface area contributed by atoms with Gasteiger partial charge in [-0.2, -0.15) is 0 Å². The van der Waals surface area contributed by atoms with Crippen molar-refractivity contribution in [2.45, 2.75) is 18.6 Å². The van der Waals surface area contributed by atoms with Crippen molar-refractivity contribution >= 4 is 5.78 Å². The zero-order valence-electron chi connectivity index (χ0n) is 10.2. The van der Waals surface area contributed by atoms with Crippen LogP contribution in [0.2, 0.25) is 0 Å². The van der Waals surface area contributed by atoms with Gasteiger partial charge in [0.1, 0.15) is 5.60 Å². The number of epoxide rings is 1. The molecule has 2 nitrogen and oxygen atoms in total. The van der Waals surface area contributed by atoms with Crippen LogP contribution in [0.1, 0.15) is 22.8 Å². The molecule has 2 atom stereocenters. The second-order valence-corrected chi connectivity index (χ2v) is 4.70. The quantitative estimate of drug-likeness (QED) is 0.607. The van der Waals surface area contributed by atoms with Gasteiger partial charge >= 0.3 is 0 Å². The van der Waals surface area contributed by atoms with Gasteiger partial charge in [-0.05, 0) is 12.5 Å². The third-order valence-corrected chi connectivity index (χ3v) is 3.45. The van der Waals surface area contributed by atoms with Crippen molar-refractivity contribution in [3.8, 4) is 0 Å². The maximum atomic E-state index is 12.3. The number of rotatable bonds is 3. The molecule has 0 radical (unpaired) electrons. The van der Waals surface area contributed by atoms with Crippen molar-refractivity contribution < 1.29 is 9.53 Å². The number of benzene rings is 2. The summed E-state index contributed by atoms with van der Waals surface area (Å²) in [5.41, 5.74) is 1.30. The highest BCUT2D eigenvalue weighted by Gasteiger charge is 2.57. The fourth-order valence-corrected chi connectivity index (χ4v) is 2.26. The smallest absolute Gasteiger partial charge is 0.194 e. The first-order valence-electron chi connectivity index (χ1n) is 6.04. The van der Waals surface area contributed by atoms with Crippen LogP contribution in [0.5, 0.6) is 0 Å². The molecule has 0 spiro atoms. The Kier molecular flexibility index (Phi) is 2.53. The van der Waals surface area contributed by atoms with Gasteiger partial charge in [0.15, 0.2) is 11.9 Å². The van der Waals surface area contributed by atoms with Gasteiger partial charge in [0.25, 0.3) is 0 Å². The van der Waals surface area contributed by atoms with Gasteiger partial charge < -0.3 is 4.74 Å². The summed E-state index contributed by atoms with van der Waals surface area (Å²) < 4.78 is 5.66. The molecule has 0 aliphatic carbocycles. The van der Waals surface area contributed by atoms with E-state index in [1.165, 1.54) is 0 Å². The van der Waals surface area contributed by atoms with E-state index in [0.717, 1.165) is 5.56 Å². The van der Waals surface area contributed by atoms with Gasteiger partial charge in [0.05, 0.1) is 0 Å². The van der Waals surface area contributed by atoms with Crippen molar-refractivity contribution in [3.63, 3.8) is 0 Å². The Hall–Kier alpha value is -1.93. The second-order valence-electron chi connectivity index (χ2n) is 4.70. The molecule has 1 aliphatic heterocycles. The maximum absolute atomic E-state index is 12.3. The highest BCUT2D eigenvalue weighted by molar-refractivity contribution is 6.02. The zero-order valence-corrected chi connectivity index (χ0v) is 10.2. The average Bonchev–Trinajstić information content (AvgIpc) is 3.14. The highest BCUT2D eigenvalue weighted by Crippen LogP contribution is 2.47. The molecule has 1 heterocycles. The van der Waals surface area contributed by atoms with Crippen LogP contribution in [-0.4, -0.2) is 11.9 Å². The van der Waals surface area contributed by atoms with Gasteiger partial charge in [-0.15, -0.1) is 0 Å². The minimum Gasteiger partial charge on any atom is -0.353 e. The first-order valence-corrected chi connectivity index (χ1v) is 6.04. The van der Waals surface area contributed by atoms with E-state index in [1.807, 2.05) is 67.6 Å². The van der Waals surface area contributed by atoms with E-state index >= 15 is 0 Å². The van der Waals surface area contributed by atoms with Gasteiger partial charge in [-0.25, -0.2) is 0 Å². The number of ketones is 1. The van der Waals surface area contributed by atoms with Crippen LogP contribution in [0.15, 0.2) is 60.7 Å². The molecule has 0 saturated carbocycles. The molecule has 1 aliphatic rings. The first-order chi connectivity index (χ1) is 8.72. The third-order valence-electron chi connectivity index (χ3n) is 3.45. The largest absolute Gasteiger partial charge is 0.353 e. The van der Waals surface area contributed by atoms with Crippen LogP contribution in [0.4, 0.5) is 0 Å². The van der Waals surface area contributed by atoms with Crippen LogP contribution >= 0.6 is 0 Å². The minimum absolute atomic E-state index is 0.0574. The Balaban J connectivity index is 1.84. The van der Waals surface area contributed by atoms with Crippen LogP contribution in [0, 0.1) is 0 Å². The van der Waals surface area contributed by atoms with Crippen molar-refractivity contribution in [3.05, 3.63) is 71.8 Å². The summed E-state index contributed by atoms with van der Waals surface area (Å²) >= 11 is 0. The van der Waals surface area contributed by atoms with Crippen molar-refractivity contribution in [1.29, 1.82) is 0 Å². The lowest BCUT2D eigenvalue weighted by Crippen LogP contribution is -2.16. The van der Waals surface area contributed by atoms with Crippen molar-refractivity contribution in [1.82, 2.24) is 0 Å². The third kappa shape index (κ3) is 1.75. The van der Waals surface area contributed by atoms with Gasteiger partial charge in [-0.1, -0.05) is 60.7 Å². The predicted molar refractivity (Wildman–Crippen MR) is 69.4 cm³/mol. The summed E-state index contributed by atoms with van der Waals surface area (Å²) in [6.45, 7) is 1.97. The molecular formula is C16H14O2. The molecule has 90 valence electrons. The maximum Gasteiger partial charge on any atom is 0.194 e. The fourth-order valence-electron chi connectivity index (χ4n) is 2.26. The molecule has 1 saturated heterocycles. The standard InChI is InChI=1S/C16H14O2/c1-16(13-10-6-3-7-11-13)15(18-16)14(17)12-8-4-2-5-9-12/h2-11,15H,1H3/t15-,16+/m1/s1. The van der Waals surface area contributed by atoms with E-state index in [2.05, 4.69) is 0 Å². The number of carbonyl (C=O) groups is 1. The van der Waals surface area contributed by atoms with Crippen LogP contribution in [0.25, 0.3) is 0 Å². The summed E-state index contributed by atoms with van der Waals surface area (Å²) in [6.07, 6.45) is -0.359. The molecule has 0 N–H and O–H groups in total. The minimum atomic E-state index is -0.464. The zero-order chi connectivity index (χ0) is 12.6. The van der Waals surface area contributed by atoms with Crippen LogP contribution in [0.3, 0.4) is 0 Å². The van der Waals surface area contributed by atoms with Crippen molar-refractivity contribution in [2.24, 2.45) is 0 Å². The molecule has 2 aromatic rings. The number of hydrogen-bond acceptors (Lipinski definition) is 2. The van der Waals surface area contributed by atoms with Gasteiger partial charge in [-0.3, -0.25) is 4.79 Å². The van der Waals surface area contributed by atoms with E-state index in [4.69, 9.17) is 4.74 Å². The molecule has 0 unspecified atom stereocenters. The predicted octanol–water partition coefficient (Wildman–Crippen LogP) is 3.18. The van der Waals surface area contributed by atoms with E-state index in [9.17, 15) is 4.79 Å². The topological polar surface area (TPSA) is 29.6 Å². The number of Topliss-reactive ketones (excluding diaryl/α,β-unsaturated/α-hetero) is 1. The molecule has 0 bridgehead atoms. The molecule has 0 aromatic heterocycles. The highest BCUT2D eigenvalue weighted by atomic mass is 16.6. The van der Waals surface area contributed by atoms with E-state index in [0.29, 0.717) is 5.56 Å². The molecule has 3 rings (SSSR count). The summed E-state index contributed by atoms with van der Waals surface area (Å²) in [6, 6.07) is 19.2. The van der Waals surface area contributed by atoms with Gasteiger partial charge in [0, 0.05) is 5.56 Å². The lowest BCUT2D eigenvalue weighted by atomic mass is 9.93. The Labute approximate surface area is 106 Å². The Morgan fingerprint density at radius 3 is 2.17 bits per heavy atom. The monoisotopic (exact) mass is 238 g/mol. The van der Waals surface area contributed by atoms with E-state index < -0.39 is 5.60 Å². The fraction of sp³-hybridized carbons (Fsp3) is 0.188. The Morgan fingerprint density at radius 2 is 1.56 bits per heavy atom. The van der Waals surface area contributed by atoms with Crippen LogP contribution in [-0.2, 0) is 10.3 Å². The molecule has 1 fully saturated rings. The molecule has 2 heteroatoms. The summed E-state index contributed by atoms with van der Waals surface area (Å²) in [5, 5.41) is 0. The first kappa shape index (κ1) is 11.2. The Bertz CT molecular complexity index is 562. The molecule has 2 aromatic carbocycles. The number of ether oxygens (including phenoxy) is 1. The second kappa shape index (κ2) is 4.07. The Morgan fingerprint density at radius 1 is 1.00 bits per heavy atom. The summed E-state index contributed by atoms with van der Waals surface area (Å²) in [4.78, 5) is 12.3. The van der Waals surface area contributed by atoms with Crippen LogP contribution < -0.4 is 0 Å². The molecular weight excluding hydrogens is 224 g/mol. The lowest BCUT2D eigenvalue weighted by molar-refractivity contribution is 0.0953. The normalized spacial score (nSPS) is 25.7. The SMILES string of the molecule is C[C@@]1(c2ccccc2)O[C@@H]1C(=O)c1ccccc1. The molecule has 0 amide bonds. The lowest BCUT2D eigenvalue weighted by Gasteiger charge is -2.05. The van der Waals surface area contributed by atoms with E-state index in [1.54, 1.807) is 0 Å². The van der Waals surface area contributed by atoms with E-state index in [-0.39, 0.29) is 11.9 Å². The van der Waals surface area contributed by atoms with Crippen molar-refractivity contribution in [2.75, 3.05) is 0 Å². The molecule has 18 heavy (non-hydrogen) atoms. The summed E-state index contributed by atoms with van der Waals surface area (Å²) in [5.74, 6) is 0.0574. The number of hydrogen-bond donors (Lipinski definition) is 0. The number of carbonyl (C=O) groups excluding carboxylic acids is 1. The average molecular weight is 238 g/mol. The van der Waals surface area contributed by atoms with Gasteiger partial charge in [0.2, 0.25) is 0 Å².